The standard InChI is InChI=1S/C20H12Cl4N2O4/c21-13-4-6-15(23)25-17(13)19(27)29-9-11-2-1-3-12(8-11)10-30-20(28)18-14(22)5-7-16(24)26-18/h1-8H,9-10H2. The summed E-state index contributed by atoms with van der Waals surface area (Å²) in [5.74, 6) is -1.41. The minimum Gasteiger partial charge on any atom is -0.456 e. The van der Waals surface area contributed by atoms with Gasteiger partial charge in [-0.1, -0.05) is 64.6 Å². The lowest BCUT2D eigenvalue weighted by Gasteiger charge is -2.09. The van der Waals surface area contributed by atoms with Crippen LogP contribution in [0.4, 0.5) is 0 Å². The van der Waals surface area contributed by atoms with Crippen LogP contribution in [0.3, 0.4) is 0 Å². The predicted molar refractivity (Wildman–Crippen MR) is 113 cm³/mol. The number of esters is 2. The number of nitrogens with zero attached hydrogens (tertiary/aromatic N) is 2. The van der Waals surface area contributed by atoms with E-state index in [2.05, 4.69) is 9.97 Å². The Morgan fingerprint density at radius 3 is 1.57 bits per heavy atom. The zero-order valence-corrected chi connectivity index (χ0v) is 18.1. The summed E-state index contributed by atoms with van der Waals surface area (Å²) < 4.78 is 10.5. The number of rotatable bonds is 6. The van der Waals surface area contributed by atoms with Gasteiger partial charge < -0.3 is 9.47 Å². The Kier molecular flexibility index (Phi) is 7.50. The number of carbonyl (C=O) groups is 2. The van der Waals surface area contributed by atoms with E-state index in [1.807, 2.05) is 0 Å². The largest absolute Gasteiger partial charge is 0.456 e. The van der Waals surface area contributed by atoms with Crippen molar-refractivity contribution in [2.24, 2.45) is 0 Å². The van der Waals surface area contributed by atoms with Gasteiger partial charge >= 0.3 is 11.9 Å². The zero-order chi connectivity index (χ0) is 21.7. The van der Waals surface area contributed by atoms with Crippen LogP contribution in [0.25, 0.3) is 0 Å². The minimum absolute atomic E-state index is 0.0349. The number of carbonyl (C=O) groups excluding carboxylic acids is 2. The molecule has 0 saturated carbocycles. The third kappa shape index (κ3) is 5.83. The molecule has 0 bridgehead atoms. The molecule has 0 spiro atoms. The summed E-state index contributed by atoms with van der Waals surface area (Å²) in [6, 6.07) is 12.8. The second-order valence-electron chi connectivity index (χ2n) is 5.90. The van der Waals surface area contributed by atoms with Gasteiger partial charge in [0.25, 0.3) is 0 Å². The number of hydrogen-bond acceptors (Lipinski definition) is 6. The van der Waals surface area contributed by atoms with Gasteiger partial charge in [0.1, 0.15) is 23.5 Å². The SMILES string of the molecule is O=C(OCc1cccc(COC(=O)c2nc(Cl)ccc2Cl)c1)c1nc(Cl)ccc1Cl. The highest BCUT2D eigenvalue weighted by molar-refractivity contribution is 6.35. The van der Waals surface area contributed by atoms with Gasteiger partial charge in [0, 0.05) is 0 Å². The lowest BCUT2D eigenvalue weighted by atomic mass is 10.1. The van der Waals surface area contributed by atoms with E-state index in [9.17, 15) is 9.59 Å². The first kappa shape index (κ1) is 22.3. The first-order valence-electron chi connectivity index (χ1n) is 8.39. The maximum Gasteiger partial charge on any atom is 0.358 e. The molecule has 0 fully saturated rings. The Hall–Kier alpha value is -2.38. The molecule has 3 aromatic rings. The molecular weight excluding hydrogens is 474 g/mol. The third-order valence-electron chi connectivity index (χ3n) is 3.74. The van der Waals surface area contributed by atoms with Gasteiger partial charge in [0.2, 0.25) is 0 Å². The Morgan fingerprint density at radius 1 is 0.700 bits per heavy atom. The molecule has 0 aliphatic carbocycles. The first-order chi connectivity index (χ1) is 14.3. The number of ether oxygens (including phenoxy) is 2. The van der Waals surface area contributed by atoms with Gasteiger partial charge in [-0.15, -0.1) is 0 Å². The Labute approximate surface area is 191 Å². The van der Waals surface area contributed by atoms with Crippen LogP contribution in [-0.2, 0) is 22.7 Å². The van der Waals surface area contributed by atoms with Crippen LogP contribution in [0, 0.1) is 0 Å². The molecule has 0 unspecified atom stereocenters. The Balaban J connectivity index is 1.61. The fourth-order valence-corrected chi connectivity index (χ4v) is 3.03. The second-order valence-corrected chi connectivity index (χ2v) is 7.49. The molecule has 154 valence electrons. The van der Waals surface area contributed by atoms with E-state index in [4.69, 9.17) is 55.9 Å². The number of benzene rings is 1. The lowest BCUT2D eigenvalue weighted by molar-refractivity contribution is 0.0465. The van der Waals surface area contributed by atoms with E-state index >= 15 is 0 Å². The zero-order valence-electron chi connectivity index (χ0n) is 15.1. The quantitative estimate of drug-likeness (QED) is 0.324. The van der Waals surface area contributed by atoms with Crippen molar-refractivity contribution in [3.8, 4) is 0 Å². The van der Waals surface area contributed by atoms with Gasteiger partial charge in [0.15, 0.2) is 11.4 Å². The van der Waals surface area contributed by atoms with Crippen LogP contribution in [-0.4, -0.2) is 21.9 Å². The molecule has 2 heterocycles. The van der Waals surface area contributed by atoms with Crippen molar-refractivity contribution in [3.63, 3.8) is 0 Å². The van der Waals surface area contributed by atoms with Crippen LogP contribution in [0.5, 0.6) is 0 Å². The smallest absolute Gasteiger partial charge is 0.358 e. The van der Waals surface area contributed by atoms with Crippen molar-refractivity contribution >= 4 is 58.3 Å². The van der Waals surface area contributed by atoms with Crippen molar-refractivity contribution in [1.82, 2.24) is 9.97 Å². The topological polar surface area (TPSA) is 78.4 Å². The maximum atomic E-state index is 12.2. The molecule has 0 N–H and O–H groups in total. The molecule has 0 aliphatic heterocycles. The van der Waals surface area contributed by atoms with Crippen LogP contribution in [0.1, 0.15) is 32.1 Å². The summed E-state index contributed by atoms with van der Waals surface area (Å²) in [6.07, 6.45) is 0. The molecule has 0 saturated heterocycles. The fraction of sp³-hybridized carbons (Fsp3) is 0.100. The van der Waals surface area contributed by atoms with E-state index in [-0.39, 0.29) is 45.0 Å². The van der Waals surface area contributed by atoms with Crippen molar-refractivity contribution < 1.29 is 19.1 Å². The van der Waals surface area contributed by atoms with E-state index in [1.54, 1.807) is 24.3 Å². The third-order valence-corrected chi connectivity index (χ3v) is 4.77. The average molecular weight is 486 g/mol. The van der Waals surface area contributed by atoms with Gasteiger partial charge in [-0.25, -0.2) is 19.6 Å². The highest BCUT2D eigenvalue weighted by atomic mass is 35.5. The molecular formula is C20H12Cl4N2O4. The second kappa shape index (κ2) is 10.1. The summed E-state index contributed by atoms with van der Waals surface area (Å²) in [5.41, 5.74) is 1.21. The van der Waals surface area contributed by atoms with E-state index in [1.165, 1.54) is 24.3 Å². The Bertz CT molecular complexity index is 1030. The van der Waals surface area contributed by atoms with Crippen LogP contribution in [0.2, 0.25) is 20.4 Å². The van der Waals surface area contributed by atoms with E-state index in [0.29, 0.717) is 11.1 Å². The number of hydrogen-bond donors (Lipinski definition) is 0. The lowest BCUT2D eigenvalue weighted by Crippen LogP contribution is -2.09. The number of pyridine rings is 2. The molecule has 0 aliphatic rings. The van der Waals surface area contributed by atoms with Gasteiger partial charge in [-0.05, 0) is 41.5 Å². The normalized spacial score (nSPS) is 10.5. The first-order valence-corrected chi connectivity index (χ1v) is 9.91. The van der Waals surface area contributed by atoms with Gasteiger partial charge in [0.05, 0.1) is 10.0 Å². The van der Waals surface area contributed by atoms with E-state index < -0.39 is 11.9 Å². The summed E-state index contributed by atoms with van der Waals surface area (Å²) in [7, 11) is 0. The molecule has 0 amide bonds. The monoisotopic (exact) mass is 484 g/mol. The van der Waals surface area contributed by atoms with Crippen molar-refractivity contribution in [3.05, 3.63) is 91.4 Å². The predicted octanol–water partition coefficient (Wildman–Crippen LogP) is 5.80. The van der Waals surface area contributed by atoms with Gasteiger partial charge in [-0.3, -0.25) is 0 Å². The van der Waals surface area contributed by atoms with Crippen molar-refractivity contribution in [1.29, 1.82) is 0 Å². The summed E-state index contributed by atoms with van der Waals surface area (Å²) in [5, 5.41) is 0.533. The molecule has 1 aromatic carbocycles. The molecule has 0 atom stereocenters. The number of aromatic nitrogens is 2. The van der Waals surface area contributed by atoms with Gasteiger partial charge in [-0.2, -0.15) is 0 Å². The highest BCUT2D eigenvalue weighted by Crippen LogP contribution is 2.20. The molecule has 6 nitrogen and oxygen atoms in total. The van der Waals surface area contributed by atoms with Crippen molar-refractivity contribution in [2.45, 2.75) is 13.2 Å². The van der Waals surface area contributed by atoms with Crippen molar-refractivity contribution in [2.75, 3.05) is 0 Å². The van der Waals surface area contributed by atoms with Crippen LogP contribution >= 0.6 is 46.4 Å². The Morgan fingerprint density at radius 2 is 1.13 bits per heavy atom. The summed E-state index contributed by atoms with van der Waals surface area (Å²) in [4.78, 5) is 32.1. The van der Waals surface area contributed by atoms with Crippen LogP contribution in [0.15, 0.2) is 48.5 Å². The highest BCUT2D eigenvalue weighted by Gasteiger charge is 2.16. The molecule has 3 rings (SSSR count). The minimum atomic E-state index is -0.707. The van der Waals surface area contributed by atoms with Crippen LogP contribution < -0.4 is 0 Å². The molecule has 30 heavy (non-hydrogen) atoms. The number of halogens is 4. The molecule has 2 aromatic heterocycles. The average Bonchev–Trinajstić information content (AvgIpc) is 2.74. The molecule has 0 radical (unpaired) electrons. The maximum absolute atomic E-state index is 12.2. The summed E-state index contributed by atoms with van der Waals surface area (Å²) in [6.45, 7) is -0.0698. The summed E-state index contributed by atoms with van der Waals surface area (Å²) >= 11 is 23.5. The fourth-order valence-electron chi connectivity index (χ4n) is 2.37. The molecule has 10 heteroatoms. The van der Waals surface area contributed by atoms with E-state index in [0.717, 1.165) is 0 Å².